The first-order valence-corrected chi connectivity index (χ1v) is 8.84. The van der Waals surface area contributed by atoms with Crippen molar-refractivity contribution in [3.8, 4) is 0 Å². The van der Waals surface area contributed by atoms with E-state index in [1.807, 2.05) is 0 Å². The van der Waals surface area contributed by atoms with Crippen molar-refractivity contribution < 1.29 is 0 Å². The van der Waals surface area contributed by atoms with Crippen LogP contribution < -0.4 is 5.32 Å². The Morgan fingerprint density at radius 1 is 1.05 bits per heavy atom. The van der Waals surface area contributed by atoms with Crippen LogP contribution in [0.5, 0.6) is 0 Å². The molecule has 21 heavy (non-hydrogen) atoms. The van der Waals surface area contributed by atoms with E-state index in [2.05, 4.69) is 65.7 Å². The number of rotatable bonds is 5. The van der Waals surface area contributed by atoms with Crippen LogP contribution in [-0.2, 0) is 0 Å². The minimum atomic E-state index is 0.221. The zero-order valence-corrected chi connectivity index (χ0v) is 16.0. The molecule has 126 valence electrons. The molecule has 2 heteroatoms. The number of nitrogens with zero attached hydrogens (tertiary/aromatic N) is 1. The summed E-state index contributed by atoms with van der Waals surface area (Å²) in [5.74, 6) is 0.917. The molecule has 0 aromatic rings. The highest BCUT2D eigenvalue weighted by Crippen LogP contribution is 2.39. The fourth-order valence-electron chi connectivity index (χ4n) is 3.66. The molecule has 0 spiro atoms. The summed E-state index contributed by atoms with van der Waals surface area (Å²) in [7, 11) is 2.31. The normalized spacial score (nSPS) is 28.1. The summed E-state index contributed by atoms with van der Waals surface area (Å²) in [6.07, 6.45) is 5.56. The first-order chi connectivity index (χ1) is 9.41. The standard InChI is InChI=1S/C19H40N2/c1-16-9-11-19(12-10-16,13-20-18(5,6)7)15-21(8)14-17(2,3)4/h16,20H,9-15H2,1-8H3. The van der Waals surface area contributed by atoms with E-state index in [1.54, 1.807) is 0 Å². The lowest BCUT2D eigenvalue weighted by Crippen LogP contribution is -2.50. The third-order valence-corrected chi connectivity index (χ3v) is 4.68. The fourth-order valence-corrected chi connectivity index (χ4v) is 3.66. The molecule has 1 fully saturated rings. The second kappa shape index (κ2) is 7.00. The third-order valence-electron chi connectivity index (χ3n) is 4.68. The topological polar surface area (TPSA) is 15.3 Å². The van der Waals surface area contributed by atoms with Crippen molar-refractivity contribution >= 4 is 0 Å². The lowest BCUT2D eigenvalue weighted by molar-refractivity contribution is 0.0770. The van der Waals surface area contributed by atoms with Crippen molar-refractivity contribution in [2.24, 2.45) is 16.7 Å². The molecule has 0 aliphatic heterocycles. The van der Waals surface area contributed by atoms with E-state index >= 15 is 0 Å². The van der Waals surface area contributed by atoms with Crippen molar-refractivity contribution in [2.75, 3.05) is 26.7 Å². The number of nitrogens with one attached hydrogen (secondary N) is 1. The monoisotopic (exact) mass is 296 g/mol. The van der Waals surface area contributed by atoms with E-state index in [1.165, 1.54) is 38.8 Å². The average Bonchev–Trinajstić information content (AvgIpc) is 2.27. The van der Waals surface area contributed by atoms with E-state index < -0.39 is 0 Å². The Morgan fingerprint density at radius 3 is 2.00 bits per heavy atom. The van der Waals surface area contributed by atoms with E-state index in [0.717, 1.165) is 12.5 Å². The highest BCUT2D eigenvalue weighted by Gasteiger charge is 2.36. The molecular formula is C19H40N2. The zero-order chi connectivity index (χ0) is 16.3. The molecular weight excluding hydrogens is 256 g/mol. The van der Waals surface area contributed by atoms with Crippen LogP contribution in [-0.4, -0.2) is 37.1 Å². The maximum atomic E-state index is 3.79. The van der Waals surface area contributed by atoms with E-state index in [0.29, 0.717) is 10.8 Å². The second-order valence-corrected chi connectivity index (χ2v) is 10.0. The predicted molar refractivity (Wildman–Crippen MR) is 94.8 cm³/mol. The van der Waals surface area contributed by atoms with Gasteiger partial charge in [-0.2, -0.15) is 0 Å². The van der Waals surface area contributed by atoms with E-state index in [4.69, 9.17) is 0 Å². The molecule has 1 aliphatic rings. The Balaban J connectivity index is 2.68. The highest BCUT2D eigenvalue weighted by atomic mass is 15.1. The molecule has 2 nitrogen and oxygen atoms in total. The van der Waals surface area contributed by atoms with Crippen molar-refractivity contribution in [2.45, 2.75) is 79.7 Å². The summed E-state index contributed by atoms with van der Waals surface area (Å²) >= 11 is 0. The Hall–Kier alpha value is -0.0800. The van der Waals surface area contributed by atoms with Gasteiger partial charge in [0.1, 0.15) is 0 Å². The molecule has 0 aromatic heterocycles. The molecule has 0 amide bonds. The quantitative estimate of drug-likeness (QED) is 0.800. The molecule has 1 N–H and O–H groups in total. The maximum absolute atomic E-state index is 3.79. The molecule has 0 atom stereocenters. The van der Waals surface area contributed by atoms with Gasteiger partial charge in [0, 0.05) is 25.2 Å². The van der Waals surface area contributed by atoms with Crippen molar-refractivity contribution in [3.63, 3.8) is 0 Å². The summed E-state index contributed by atoms with van der Waals surface area (Å²) in [5, 5.41) is 3.79. The largest absolute Gasteiger partial charge is 0.311 e. The fraction of sp³-hybridized carbons (Fsp3) is 1.00. The van der Waals surface area contributed by atoms with Gasteiger partial charge < -0.3 is 10.2 Å². The lowest BCUT2D eigenvalue weighted by atomic mass is 9.70. The third kappa shape index (κ3) is 7.65. The van der Waals surface area contributed by atoms with E-state index in [9.17, 15) is 0 Å². The minimum absolute atomic E-state index is 0.221. The van der Waals surface area contributed by atoms with E-state index in [-0.39, 0.29) is 5.54 Å². The van der Waals surface area contributed by atoms with Crippen LogP contribution in [0.3, 0.4) is 0 Å². The van der Waals surface area contributed by atoms with Gasteiger partial charge in [0.15, 0.2) is 0 Å². The molecule has 0 radical (unpaired) electrons. The van der Waals surface area contributed by atoms with Gasteiger partial charge >= 0.3 is 0 Å². The van der Waals surface area contributed by atoms with Gasteiger partial charge in [-0.3, -0.25) is 0 Å². The number of hydrogen-bond donors (Lipinski definition) is 1. The van der Waals surface area contributed by atoms with Crippen LogP contribution >= 0.6 is 0 Å². The van der Waals surface area contributed by atoms with Crippen LogP contribution in [0.1, 0.15) is 74.1 Å². The summed E-state index contributed by atoms with van der Waals surface area (Å²) in [4.78, 5) is 2.57. The van der Waals surface area contributed by atoms with Crippen LogP contribution in [0, 0.1) is 16.7 Å². The molecule has 1 aliphatic carbocycles. The summed E-state index contributed by atoms with van der Waals surface area (Å²) < 4.78 is 0. The summed E-state index contributed by atoms with van der Waals surface area (Å²) in [5.41, 5.74) is 1.08. The molecule has 0 unspecified atom stereocenters. The molecule has 0 bridgehead atoms. The molecule has 0 aromatic carbocycles. The van der Waals surface area contributed by atoms with Crippen LogP contribution in [0.25, 0.3) is 0 Å². The Labute approximate surface area is 134 Å². The predicted octanol–water partition coefficient (Wildman–Crippen LogP) is 4.55. The van der Waals surface area contributed by atoms with Crippen LogP contribution in [0.2, 0.25) is 0 Å². The maximum Gasteiger partial charge on any atom is 0.00967 e. The molecule has 1 rings (SSSR count). The van der Waals surface area contributed by atoms with Gasteiger partial charge in [-0.25, -0.2) is 0 Å². The average molecular weight is 297 g/mol. The van der Waals surface area contributed by atoms with Gasteiger partial charge in [0.05, 0.1) is 0 Å². The van der Waals surface area contributed by atoms with Gasteiger partial charge in [0.25, 0.3) is 0 Å². The Morgan fingerprint density at radius 2 is 1.57 bits per heavy atom. The first kappa shape index (κ1) is 19.0. The Bertz CT molecular complexity index is 301. The first-order valence-electron chi connectivity index (χ1n) is 8.84. The second-order valence-electron chi connectivity index (χ2n) is 10.0. The minimum Gasteiger partial charge on any atom is -0.311 e. The van der Waals surface area contributed by atoms with Gasteiger partial charge in [-0.15, -0.1) is 0 Å². The van der Waals surface area contributed by atoms with Crippen molar-refractivity contribution in [1.82, 2.24) is 10.2 Å². The number of hydrogen-bond acceptors (Lipinski definition) is 2. The molecule has 0 heterocycles. The van der Waals surface area contributed by atoms with Crippen molar-refractivity contribution in [3.05, 3.63) is 0 Å². The smallest absolute Gasteiger partial charge is 0.00967 e. The summed E-state index contributed by atoms with van der Waals surface area (Å²) in [6, 6.07) is 0. The lowest BCUT2D eigenvalue weighted by Gasteiger charge is -2.44. The molecule has 1 saturated carbocycles. The molecule has 0 saturated heterocycles. The SMILES string of the molecule is CC1CCC(CNC(C)(C)C)(CN(C)CC(C)(C)C)CC1. The van der Waals surface area contributed by atoms with Crippen molar-refractivity contribution in [1.29, 1.82) is 0 Å². The Kier molecular flexibility index (Phi) is 6.32. The van der Waals surface area contributed by atoms with Gasteiger partial charge in [-0.1, -0.05) is 40.5 Å². The summed E-state index contributed by atoms with van der Waals surface area (Å²) in [6.45, 7) is 19.9. The van der Waals surface area contributed by atoms with Crippen LogP contribution in [0.4, 0.5) is 0 Å². The van der Waals surface area contributed by atoms with Gasteiger partial charge in [0.2, 0.25) is 0 Å². The highest BCUT2D eigenvalue weighted by molar-refractivity contribution is 4.91. The van der Waals surface area contributed by atoms with Crippen LogP contribution in [0.15, 0.2) is 0 Å². The van der Waals surface area contributed by atoms with Gasteiger partial charge in [-0.05, 0) is 57.4 Å². The zero-order valence-electron chi connectivity index (χ0n) is 16.0.